The fourth-order valence-electron chi connectivity index (χ4n) is 2.65. The highest BCUT2D eigenvalue weighted by Gasteiger charge is 2.25. The number of amides is 1. The Kier molecular flexibility index (Phi) is 5.04. The number of imidazole rings is 1. The van der Waals surface area contributed by atoms with Crippen LogP contribution in [0, 0.1) is 0 Å². The van der Waals surface area contributed by atoms with Gasteiger partial charge in [0.2, 0.25) is 5.78 Å². The summed E-state index contributed by atoms with van der Waals surface area (Å²) in [6.07, 6.45) is 3.70. The minimum Gasteiger partial charge on any atom is -0.341 e. The zero-order valence-corrected chi connectivity index (χ0v) is 13.9. The van der Waals surface area contributed by atoms with Gasteiger partial charge in [0.05, 0.1) is 6.04 Å². The third kappa shape index (κ3) is 4.01. The monoisotopic (exact) mass is 333 g/mol. The first-order valence-corrected chi connectivity index (χ1v) is 8.06. The molecule has 1 heterocycles. The zero-order valence-electron chi connectivity index (χ0n) is 13.9. The molecule has 1 aromatic heterocycles. The van der Waals surface area contributed by atoms with Crippen LogP contribution in [-0.4, -0.2) is 27.3 Å². The van der Waals surface area contributed by atoms with E-state index < -0.39 is 6.04 Å². The number of benzene rings is 2. The Hall–Kier alpha value is -3.21. The first-order chi connectivity index (χ1) is 12.1. The van der Waals surface area contributed by atoms with Crippen LogP contribution in [0.5, 0.6) is 0 Å². The summed E-state index contributed by atoms with van der Waals surface area (Å²) in [5.74, 6) is -0.154. The van der Waals surface area contributed by atoms with Crippen LogP contribution >= 0.6 is 0 Å². The number of rotatable bonds is 6. The number of hydrogen-bond acceptors (Lipinski definition) is 3. The quantitative estimate of drug-likeness (QED) is 0.705. The van der Waals surface area contributed by atoms with Gasteiger partial charge in [0.1, 0.15) is 0 Å². The molecule has 0 fully saturated rings. The summed E-state index contributed by atoms with van der Waals surface area (Å²) < 4.78 is 1.66. The molecular weight excluding hydrogens is 314 g/mol. The minimum absolute atomic E-state index is 0.208. The molecule has 1 N–H and O–H groups in total. The highest BCUT2D eigenvalue weighted by atomic mass is 16.2. The third-order valence-corrected chi connectivity index (χ3v) is 3.98. The average molecular weight is 333 g/mol. The van der Waals surface area contributed by atoms with Gasteiger partial charge < -0.3 is 9.88 Å². The smallest absolute Gasteiger partial charge is 0.251 e. The summed E-state index contributed by atoms with van der Waals surface area (Å²) in [6.45, 7) is 0. The largest absolute Gasteiger partial charge is 0.341 e. The van der Waals surface area contributed by atoms with Gasteiger partial charge in [-0.25, -0.2) is 4.98 Å². The molecule has 0 aliphatic rings. The Bertz CT molecular complexity index is 857. The van der Waals surface area contributed by atoms with Crippen molar-refractivity contribution >= 4 is 11.7 Å². The van der Waals surface area contributed by atoms with Crippen molar-refractivity contribution in [1.29, 1.82) is 0 Å². The summed E-state index contributed by atoms with van der Waals surface area (Å²) in [6, 6.07) is 17.8. The fourth-order valence-corrected chi connectivity index (χ4v) is 2.65. The SMILES string of the molecule is Cn1ccnc1C(=O)C(Cc1ccccc1)NC(=O)c1ccccc1. The first-order valence-electron chi connectivity index (χ1n) is 8.06. The topological polar surface area (TPSA) is 64.0 Å². The average Bonchev–Trinajstić information content (AvgIpc) is 3.08. The highest BCUT2D eigenvalue weighted by Crippen LogP contribution is 2.10. The van der Waals surface area contributed by atoms with Gasteiger partial charge >= 0.3 is 0 Å². The van der Waals surface area contributed by atoms with Gasteiger partial charge in [0.25, 0.3) is 5.91 Å². The molecule has 126 valence electrons. The van der Waals surface area contributed by atoms with Crippen LogP contribution in [-0.2, 0) is 13.5 Å². The maximum absolute atomic E-state index is 12.9. The van der Waals surface area contributed by atoms with E-state index in [1.807, 2.05) is 36.4 Å². The zero-order chi connectivity index (χ0) is 17.6. The molecular formula is C20H19N3O2. The van der Waals surface area contributed by atoms with Crippen molar-refractivity contribution in [2.75, 3.05) is 0 Å². The maximum atomic E-state index is 12.9. The summed E-state index contributed by atoms with van der Waals surface area (Å²) in [5.41, 5.74) is 1.50. The van der Waals surface area contributed by atoms with E-state index in [0.29, 0.717) is 17.8 Å². The van der Waals surface area contributed by atoms with Crippen LogP contribution in [0.1, 0.15) is 26.5 Å². The second-order valence-electron chi connectivity index (χ2n) is 5.81. The van der Waals surface area contributed by atoms with Gasteiger partial charge in [-0.15, -0.1) is 0 Å². The minimum atomic E-state index is -0.684. The molecule has 1 amide bonds. The Labute approximate surface area is 146 Å². The number of aryl methyl sites for hydroxylation is 1. The summed E-state index contributed by atoms with van der Waals surface area (Å²) in [7, 11) is 1.76. The Balaban J connectivity index is 1.85. The van der Waals surface area contributed by atoms with E-state index in [0.717, 1.165) is 5.56 Å². The van der Waals surface area contributed by atoms with Gasteiger partial charge in [-0.2, -0.15) is 0 Å². The third-order valence-electron chi connectivity index (χ3n) is 3.98. The second kappa shape index (κ2) is 7.57. The van der Waals surface area contributed by atoms with E-state index in [1.54, 1.807) is 48.3 Å². The number of hydrogen-bond donors (Lipinski definition) is 1. The van der Waals surface area contributed by atoms with Crippen LogP contribution in [0.3, 0.4) is 0 Å². The molecule has 0 saturated carbocycles. The van der Waals surface area contributed by atoms with E-state index >= 15 is 0 Å². The van der Waals surface area contributed by atoms with Crippen molar-refractivity contribution in [2.24, 2.45) is 7.05 Å². The predicted molar refractivity (Wildman–Crippen MR) is 95.4 cm³/mol. The van der Waals surface area contributed by atoms with Gasteiger partial charge in [-0.1, -0.05) is 48.5 Å². The summed E-state index contributed by atoms with van der Waals surface area (Å²) in [4.78, 5) is 29.5. The van der Waals surface area contributed by atoms with Crippen LogP contribution in [0.2, 0.25) is 0 Å². The van der Waals surface area contributed by atoms with Crippen molar-refractivity contribution in [1.82, 2.24) is 14.9 Å². The van der Waals surface area contributed by atoms with Crippen LogP contribution in [0.15, 0.2) is 73.1 Å². The molecule has 25 heavy (non-hydrogen) atoms. The van der Waals surface area contributed by atoms with Gasteiger partial charge in [-0.05, 0) is 17.7 Å². The lowest BCUT2D eigenvalue weighted by molar-refractivity contribution is 0.0849. The highest BCUT2D eigenvalue weighted by molar-refractivity contribution is 6.02. The van der Waals surface area contributed by atoms with Crippen molar-refractivity contribution in [2.45, 2.75) is 12.5 Å². The fraction of sp³-hybridized carbons (Fsp3) is 0.150. The molecule has 3 rings (SSSR count). The van der Waals surface area contributed by atoms with Gasteiger partial charge in [0.15, 0.2) is 5.82 Å². The van der Waals surface area contributed by atoms with E-state index in [4.69, 9.17) is 0 Å². The lowest BCUT2D eigenvalue weighted by atomic mass is 10.0. The van der Waals surface area contributed by atoms with Crippen molar-refractivity contribution in [3.05, 3.63) is 90.0 Å². The molecule has 5 nitrogen and oxygen atoms in total. The molecule has 3 aromatic rings. The number of Topliss-reactive ketones (excluding diaryl/α,β-unsaturated/α-hetero) is 1. The first kappa shape index (κ1) is 16.6. The molecule has 0 aliphatic carbocycles. The number of carbonyl (C=O) groups excluding carboxylic acids is 2. The lowest BCUT2D eigenvalue weighted by Gasteiger charge is -2.18. The maximum Gasteiger partial charge on any atom is 0.251 e. The Morgan fingerprint density at radius 2 is 1.68 bits per heavy atom. The molecule has 0 spiro atoms. The van der Waals surface area contributed by atoms with E-state index in [2.05, 4.69) is 10.3 Å². The molecule has 0 bridgehead atoms. The molecule has 0 radical (unpaired) electrons. The van der Waals surface area contributed by atoms with Crippen LogP contribution < -0.4 is 5.32 Å². The number of aromatic nitrogens is 2. The van der Waals surface area contributed by atoms with Crippen molar-refractivity contribution in [3.63, 3.8) is 0 Å². The number of ketones is 1. The van der Waals surface area contributed by atoms with E-state index in [-0.39, 0.29) is 11.7 Å². The van der Waals surface area contributed by atoms with Gasteiger partial charge in [-0.3, -0.25) is 9.59 Å². The van der Waals surface area contributed by atoms with Crippen molar-refractivity contribution in [3.8, 4) is 0 Å². The molecule has 0 saturated heterocycles. The molecule has 1 unspecified atom stereocenters. The lowest BCUT2D eigenvalue weighted by Crippen LogP contribution is -2.43. The Morgan fingerprint density at radius 1 is 1.04 bits per heavy atom. The van der Waals surface area contributed by atoms with Crippen molar-refractivity contribution < 1.29 is 9.59 Å². The van der Waals surface area contributed by atoms with Crippen LogP contribution in [0.25, 0.3) is 0 Å². The number of carbonyl (C=O) groups is 2. The molecule has 1 atom stereocenters. The predicted octanol–water partition coefficient (Wildman–Crippen LogP) is 2.64. The van der Waals surface area contributed by atoms with Gasteiger partial charge in [0, 0.05) is 31.4 Å². The number of nitrogens with one attached hydrogen (secondary N) is 1. The molecule has 5 heteroatoms. The standard InChI is InChI=1S/C20H19N3O2/c1-23-13-12-21-19(23)18(24)17(14-15-8-4-2-5-9-15)22-20(25)16-10-6-3-7-11-16/h2-13,17H,14H2,1H3,(H,22,25). The summed E-state index contributed by atoms with van der Waals surface area (Å²) in [5, 5.41) is 2.86. The normalized spacial score (nSPS) is 11.7. The Morgan fingerprint density at radius 3 is 2.28 bits per heavy atom. The molecule has 0 aliphatic heterocycles. The second-order valence-corrected chi connectivity index (χ2v) is 5.81. The molecule has 2 aromatic carbocycles. The number of nitrogens with zero attached hydrogens (tertiary/aromatic N) is 2. The van der Waals surface area contributed by atoms with E-state index in [9.17, 15) is 9.59 Å². The summed E-state index contributed by atoms with van der Waals surface area (Å²) >= 11 is 0. The van der Waals surface area contributed by atoms with Crippen LogP contribution in [0.4, 0.5) is 0 Å². The van der Waals surface area contributed by atoms with E-state index in [1.165, 1.54) is 0 Å².